The van der Waals surface area contributed by atoms with Crippen molar-refractivity contribution in [3.8, 4) is 0 Å². The molecular formula is C15H13N3O3S3. The molecule has 0 aliphatic rings. The summed E-state index contributed by atoms with van der Waals surface area (Å²) in [6.45, 7) is 0. The zero-order chi connectivity index (χ0) is 16.9. The highest BCUT2D eigenvalue weighted by atomic mass is 32.2. The quantitative estimate of drug-likeness (QED) is 0.523. The van der Waals surface area contributed by atoms with E-state index < -0.39 is 0 Å². The molecule has 0 aliphatic heterocycles. The van der Waals surface area contributed by atoms with Crippen molar-refractivity contribution in [2.24, 2.45) is 0 Å². The summed E-state index contributed by atoms with van der Waals surface area (Å²) in [5.41, 5.74) is 1.53. The van der Waals surface area contributed by atoms with Gasteiger partial charge in [0.2, 0.25) is 5.91 Å². The number of carbonyl (C=O) groups excluding carboxylic acids is 2. The standard InChI is InChI=1S/C15H13N3O3S3/c1-21-13(20)6-9-7-22-14(16-9)18-12(19)8-23-15-17-10-4-2-3-5-11(10)24-15/h2-5,7H,6,8H2,1H3,(H,16,18,19). The first-order valence-electron chi connectivity index (χ1n) is 6.93. The third kappa shape index (κ3) is 4.31. The molecule has 24 heavy (non-hydrogen) atoms. The molecule has 2 heterocycles. The van der Waals surface area contributed by atoms with Crippen LogP contribution in [0.4, 0.5) is 5.13 Å². The van der Waals surface area contributed by atoms with E-state index >= 15 is 0 Å². The lowest BCUT2D eigenvalue weighted by molar-refractivity contribution is -0.139. The maximum Gasteiger partial charge on any atom is 0.311 e. The molecule has 6 nitrogen and oxygen atoms in total. The first-order chi connectivity index (χ1) is 11.6. The lowest BCUT2D eigenvalue weighted by Gasteiger charge is -1.99. The highest BCUT2D eigenvalue weighted by Crippen LogP contribution is 2.29. The van der Waals surface area contributed by atoms with Crippen LogP contribution in [0, 0.1) is 0 Å². The molecule has 0 saturated heterocycles. The normalized spacial score (nSPS) is 10.7. The monoisotopic (exact) mass is 379 g/mol. The van der Waals surface area contributed by atoms with E-state index in [2.05, 4.69) is 20.0 Å². The summed E-state index contributed by atoms with van der Waals surface area (Å²) in [6.07, 6.45) is 0.101. The number of amides is 1. The van der Waals surface area contributed by atoms with Gasteiger partial charge >= 0.3 is 5.97 Å². The Balaban J connectivity index is 1.53. The van der Waals surface area contributed by atoms with E-state index in [-0.39, 0.29) is 24.1 Å². The van der Waals surface area contributed by atoms with Gasteiger partial charge in [0.1, 0.15) is 0 Å². The molecule has 0 fully saturated rings. The Morgan fingerprint density at radius 1 is 1.29 bits per heavy atom. The second-order valence-electron chi connectivity index (χ2n) is 4.68. The molecule has 1 aromatic carbocycles. The minimum atomic E-state index is -0.357. The Labute approximate surface area is 150 Å². The number of fused-ring (bicyclic) bond motifs is 1. The van der Waals surface area contributed by atoms with E-state index in [9.17, 15) is 9.59 Å². The fourth-order valence-corrected chi connectivity index (χ4v) is 4.46. The number of anilines is 1. The van der Waals surface area contributed by atoms with Crippen LogP contribution in [0.25, 0.3) is 10.2 Å². The molecule has 0 spiro atoms. The van der Waals surface area contributed by atoms with Gasteiger partial charge in [-0.1, -0.05) is 23.9 Å². The van der Waals surface area contributed by atoms with E-state index in [0.717, 1.165) is 14.6 Å². The van der Waals surface area contributed by atoms with E-state index in [4.69, 9.17) is 0 Å². The third-order valence-electron chi connectivity index (χ3n) is 2.95. The second-order valence-corrected chi connectivity index (χ2v) is 7.79. The van der Waals surface area contributed by atoms with Crippen molar-refractivity contribution in [1.82, 2.24) is 9.97 Å². The Bertz CT molecular complexity index is 842. The van der Waals surface area contributed by atoms with Gasteiger partial charge in [-0.05, 0) is 12.1 Å². The fraction of sp³-hybridized carbons (Fsp3) is 0.200. The van der Waals surface area contributed by atoms with Gasteiger partial charge in [-0.25, -0.2) is 9.97 Å². The fourth-order valence-electron chi connectivity index (χ4n) is 1.86. The summed E-state index contributed by atoms with van der Waals surface area (Å²) < 4.78 is 6.55. The molecule has 0 atom stereocenters. The second kappa shape index (κ2) is 7.73. The number of methoxy groups -OCH3 is 1. The van der Waals surface area contributed by atoms with E-state index in [1.54, 1.807) is 16.7 Å². The topological polar surface area (TPSA) is 81.2 Å². The van der Waals surface area contributed by atoms with Crippen molar-refractivity contribution in [1.29, 1.82) is 0 Å². The highest BCUT2D eigenvalue weighted by molar-refractivity contribution is 8.01. The number of esters is 1. The van der Waals surface area contributed by atoms with Gasteiger partial charge in [0.05, 0.1) is 35.2 Å². The summed E-state index contributed by atoms with van der Waals surface area (Å²) >= 11 is 4.24. The smallest absolute Gasteiger partial charge is 0.311 e. The zero-order valence-corrected chi connectivity index (χ0v) is 15.1. The Morgan fingerprint density at radius 2 is 2.12 bits per heavy atom. The number of para-hydroxylation sites is 1. The summed E-state index contributed by atoms with van der Waals surface area (Å²) in [6, 6.07) is 7.87. The number of aromatic nitrogens is 2. The Kier molecular flexibility index (Phi) is 5.44. The zero-order valence-electron chi connectivity index (χ0n) is 12.6. The molecule has 0 bridgehead atoms. The van der Waals surface area contributed by atoms with Crippen LogP contribution < -0.4 is 5.32 Å². The van der Waals surface area contributed by atoms with Crippen LogP contribution in [0.2, 0.25) is 0 Å². The average Bonchev–Trinajstić information content (AvgIpc) is 3.19. The van der Waals surface area contributed by atoms with Crippen LogP contribution in [-0.2, 0) is 20.7 Å². The van der Waals surface area contributed by atoms with Gasteiger partial charge in [-0.3, -0.25) is 9.59 Å². The van der Waals surface area contributed by atoms with E-state index in [1.165, 1.54) is 30.2 Å². The third-order valence-corrected chi connectivity index (χ3v) is 5.94. The number of ether oxygens (including phenoxy) is 1. The van der Waals surface area contributed by atoms with Crippen LogP contribution >= 0.6 is 34.4 Å². The maximum absolute atomic E-state index is 12.0. The molecule has 0 unspecified atom stereocenters. The number of thioether (sulfide) groups is 1. The molecule has 124 valence electrons. The number of nitrogens with zero attached hydrogens (tertiary/aromatic N) is 2. The van der Waals surface area contributed by atoms with Gasteiger partial charge in [-0.15, -0.1) is 22.7 Å². The average molecular weight is 379 g/mol. The molecule has 3 aromatic rings. The molecule has 1 amide bonds. The van der Waals surface area contributed by atoms with Crippen LogP contribution in [0.5, 0.6) is 0 Å². The number of carbonyl (C=O) groups is 2. The molecule has 2 aromatic heterocycles. The molecule has 0 radical (unpaired) electrons. The first-order valence-corrected chi connectivity index (χ1v) is 9.61. The van der Waals surface area contributed by atoms with Crippen molar-refractivity contribution in [2.75, 3.05) is 18.2 Å². The van der Waals surface area contributed by atoms with Crippen molar-refractivity contribution in [2.45, 2.75) is 10.8 Å². The van der Waals surface area contributed by atoms with E-state index in [0.29, 0.717) is 10.8 Å². The van der Waals surface area contributed by atoms with Crippen molar-refractivity contribution in [3.05, 3.63) is 35.3 Å². The summed E-state index contributed by atoms with van der Waals surface area (Å²) in [7, 11) is 1.33. The molecule has 1 N–H and O–H groups in total. The minimum absolute atomic E-state index is 0.101. The number of hydrogen-bond donors (Lipinski definition) is 1. The van der Waals surface area contributed by atoms with Crippen molar-refractivity contribution >= 4 is 61.7 Å². The van der Waals surface area contributed by atoms with E-state index in [1.807, 2.05) is 24.3 Å². The van der Waals surface area contributed by atoms with Gasteiger partial charge in [0.15, 0.2) is 9.47 Å². The highest BCUT2D eigenvalue weighted by Gasteiger charge is 2.11. The number of nitrogens with one attached hydrogen (secondary N) is 1. The van der Waals surface area contributed by atoms with Gasteiger partial charge < -0.3 is 10.1 Å². The number of hydrogen-bond acceptors (Lipinski definition) is 8. The van der Waals surface area contributed by atoms with Crippen molar-refractivity contribution in [3.63, 3.8) is 0 Å². The first kappa shape index (κ1) is 16.9. The number of rotatable bonds is 6. The Hall–Kier alpha value is -1.97. The van der Waals surface area contributed by atoms with Crippen LogP contribution in [0.3, 0.4) is 0 Å². The van der Waals surface area contributed by atoms with Gasteiger partial charge in [-0.2, -0.15) is 0 Å². The molecular weight excluding hydrogens is 366 g/mol. The maximum atomic E-state index is 12.0. The van der Waals surface area contributed by atoms with Gasteiger partial charge in [0.25, 0.3) is 0 Å². The van der Waals surface area contributed by atoms with Crippen LogP contribution in [-0.4, -0.2) is 34.7 Å². The minimum Gasteiger partial charge on any atom is -0.469 e. The summed E-state index contributed by atoms with van der Waals surface area (Å²) in [5.74, 6) is -0.256. The molecule has 0 aliphatic carbocycles. The predicted molar refractivity (Wildman–Crippen MR) is 96.8 cm³/mol. The largest absolute Gasteiger partial charge is 0.469 e. The number of benzene rings is 1. The lowest BCUT2D eigenvalue weighted by Crippen LogP contribution is -2.14. The molecule has 9 heteroatoms. The summed E-state index contributed by atoms with van der Waals surface area (Å²) in [5, 5.41) is 4.94. The summed E-state index contributed by atoms with van der Waals surface area (Å²) in [4.78, 5) is 31.9. The number of thiazole rings is 2. The van der Waals surface area contributed by atoms with Crippen LogP contribution in [0.1, 0.15) is 5.69 Å². The molecule has 0 saturated carbocycles. The van der Waals surface area contributed by atoms with Crippen molar-refractivity contribution < 1.29 is 14.3 Å². The molecule has 3 rings (SSSR count). The van der Waals surface area contributed by atoms with Gasteiger partial charge in [0, 0.05) is 5.38 Å². The van der Waals surface area contributed by atoms with Crippen LogP contribution in [0.15, 0.2) is 34.0 Å². The lowest BCUT2D eigenvalue weighted by atomic mass is 10.3. The predicted octanol–water partition coefficient (Wildman–Crippen LogP) is 3.20. The Morgan fingerprint density at radius 3 is 2.92 bits per heavy atom. The SMILES string of the molecule is COC(=O)Cc1csc(NC(=O)CSc2nc3ccccc3s2)n1.